The van der Waals surface area contributed by atoms with Crippen molar-refractivity contribution in [2.24, 2.45) is 0 Å². The predicted octanol–water partition coefficient (Wildman–Crippen LogP) is 5.57. The Hall–Kier alpha value is -3.39. The molecule has 27 heavy (non-hydrogen) atoms. The van der Waals surface area contributed by atoms with Crippen LogP contribution in [0.5, 0.6) is 0 Å². The van der Waals surface area contributed by atoms with Crippen molar-refractivity contribution in [2.45, 2.75) is 12.5 Å². The molecule has 0 fully saturated rings. The molecule has 0 radical (unpaired) electrons. The molecule has 0 N–H and O–H groups in total. The summed E-state index contributed by atoms with van der Waals surface area (Å²) in [6, 6.07) is 30.0. The minimum Gasteiger partial charge on any atom is -0.350 e. The second-order valence-electron chi connectivity index (χ2n) is 6.67. The fourth-order valence-electron chi connectivity index (χ4n) is 3.40. The minimum absolute atomic E-state index is 0.0362. The summed E-state index contributed by atoms with van der Waals surface area (Å²) in [5, 5.41) is 0. The lowest BCUT2D eigenvalue weighted by molar-refractivity contribution is 0.102. The van der Waals surface area contributed by atoms with Crippen LogP contribution in [0.2, 0.25) is 0 Å². The van der Waals surface area contributed by atoms with Crippen molar-refractivity contribution in [3.63, 3.8) is 0 Å². The van der Waals surface area contributed by atoms with E-state index in [0.29, 0.717) is 0 Å². The van der Waals surface area contributed by atoms with Crippen LogP contribution in [0.4, 0.5) is 0 Å². The maximum absolute atomic E-state index is 13.3. The molecule has 4 rings (SSSR count). The van der Waals surface area contributed by atoms with Gasteiger partial charge in [0, 0.05) is 36.0 Å². The van der Waals surface area contributed by atoms with Gasteiger partial charge in [-0.15, -0.1) is 0 Å². The number of allylic oxidation sites excluding steroid dienone is 2. The molecule has 0 amide bonds. The number of nitrogens with zero attached hydrogens (tertiary/aromatic N) is 1. The van der Waals surface area contributed by atoms with Crippen molar-refractivity contribution >= 4 is 5.78 Å². The summed E-state index contributed by atoms with van der Waals surface area (Å²) in [6.45, 7) is 0.740. The Morgan fingerprint density at radius 1 is 0.778 bits per heavy atom. The molecule has 0 bridgehead atoms. The maximum Gasteiger partial charge on any atom is 0.191 e. The van der Waals surface area contributed by atoms with Gasteiger partial charge in [0.05, 0.1) is 0 Å². The van der Waals surface area contributed by atoms with Gasteiger partial charge in [0.1, 0.15) is 0 Å². The highest BCUT2D eigenvalue weighted by Crippen LogP contribution is 2.32. The fraction of sp³-hybridized carbons (Fsp3) is 0.0800. The van der Waals surface area contributed by atoms with Crippen molar-refractivity contribution in [2.75, 3.05) is 0 Å². The van der Waals surface area contributed by atoms with Gasteiger partial charge >= 0.3 is 0 Å². The van der Waals surface area contributed by atoms with Gasteiger partial charge in [-0.25, -0.2) is 0 Å². The van der Waals surface area contributed by atoms with Gasteiger partial charge in [-0.3, -0.25) is 4.79 Å². The van der Waals surface area contributed by atoms with E-state index >= 15 is 0 Å². The number of ketones is 1. The number of hydrogen-bond acceptors (Lipinski definition) is 2. The Morgan fingerprint density at radius 3 is 2.04 bits per heavy atom. The largest absolute Gasteiger partial charge is 0.350 e. The Morgan fingerprint density at radius 2 is 1.37 bits per heavy atom. The van der Waals surface area contributed by atoms with E-state index in [1.165, 1.54) is 5.56 Å². The van der Waals surface area contributed by atoms with Crippen LogP contribution in [0.25, 0.3) is 0 Å². The number of carbonyl (C=O) groups excluding carboxylic acids is 1. The van der Waals surface area contributed by atoms with E-state index in [4.69, 9.17) is 0 Å². The topological polar surface area (TPSA) is 20.3 Å². The summed E-state index contributed by atoms with van der Waals surface area (Å²) >= 11 is 0. The van der Waals surface area contributed by atoms with Crippen LogP contribution in [-0.4, -0.2) is 10.7 Å². The van der Waals surface area contributed by atoms with Crippen LogP contribution in [0, 0.1) is 0 Å². The zero-order chi connectivity index (χ0) is 18.5. The zero-order valence-electron chi connectivity index (χ0n) is 15.0. The van der Waals surface area contributed by atoms with Gasteiger partial charge in [-0.05, 0) is 11.1 Å². The van der Waals surface area contributed by atoms with E-state index in [1.807, 2.05) is 72.9 Å². The van der Waals surface area contributed by atoms with Crippen molar-refractivity contribution in [3.05, 3.63) is 132 Å². The fourth-order valence-corrected chi connectivity index (χ4v) is 3.40. The monoisotopic (exact) mass is 351 g/mol. The molecule has 3 aromatic carbocycles. The summed E-state index contributed by atoms with van der Waals surface area (Å²) in [5.74, 6) is 0.0396. The highest BCUT2D eigenvalue weighted by molar-refractivity contribution is 6.10. The molecule has 0 saturated heterocycles. The summed E-state index contributed by atoms with van der Waals surface area (Å²) in [5.41, 5.74) is 3.86. The minimum atomic E-state index is -0.0362. The highest BCUT2D eigenvalue weighted by atomic mass is 16.1. The van der Waals surface area contributed by atoms with Crippen LogP contribution in [-0.2, 0) is 6.54 Å². The second kappa shape index (κ2) is 7.88. The lowest BCUT2D eigenvalue weighted by atomic mass is 9.85. The van der Waals surface area contributed by atoms with Crippen LogP contribution >= 0.6 is 0 Å². The molecular formula is C25H21NO. The van der Waals surface area contributed by atoms with Gasteiger partial charge in [-0.1, -0.05) is 97.1 Å². The zero-order valence-corrected chi connectivity index (χ0v) is 15.0. The summed E-state index contributed by atoms with van der Waals surface area (Å²) < 4.78 is 0. The Kier molecular flexibility index (Phi) is 4.97. The Balaban J connectivity index is 1.68. The number of hydrogen-bond donors (Lipinski definition) is 0. The lowest BCUT2D eigenvalue weighted by Crippen LogP contribution is -2.21. The highest BCUT2D eigenvalue weighted by Gasteiger charge is 2.25. The number of carbonyl (C=O) groups is 1. The van der Waals surface area contributed by atoms with Gasteiger partial charge in [0.15, 0.2) is 5.78 Å². The van der Waals surface area contributed by atoms with E-state index in [0.717, 1.165) is 23.2 Å². The van der Waals surface area contributed by atoms with Gasteiger partial charge in [0.25, 0.3) is 0 Å². The second-order valence-corrected chi connectivity index (χ2v) is 6.67. The van der Waals surface area contributed by atoms with E-state index < -0.39 is 0 Å². The molecule has 132 valence electrons. The molecule has 1 atom stereocenters. The van der Waals surface area contributed by atoms with E-state index in [2.05, 4.69) is 41.4 Å². The first-order valence-corrected chi connectivity index (χ1v) is 9.16. The van der Waals surface area contributed by atoms with Crippen LogP contribution in [0.1, 0.15) is 27.4 Å². The van der Waals surface area contributed by atoms with Crippen LogP contribution < -0.4 is 0 Å². The normalized spacial score (nSPS) is 16.1. The third-order valence-corrected chi connectivity index (χ3v) is 4.77. The molecule has 1 unspecified atom stereocenters. The quantitative estimate of drug-likeness (QED) is 0.560. The molecule has 2 heteroatoms. The van der Waals surface area contributed by atoms with Crippen molar-refractivity contribution in [3.8, 4) is 0 Å². The molecule has 3 aromatic rings. The smallest absolute Gasteiger partial charge is 0.191 e. The van der Waals surface area contributed by atoms with Crippen molar-refractivity contribution < 1.29 is 4.79 Å². The summed E-state index contributed by atoms with van der Waals surface area (Å²) in [4.78, 5) is 15.3. The standard InChI is InChI=1S/C25H21NO/c27-25(22-14-8-3-9-15-22)24-19-26(18-20-10-4-1-5-11-20)17-16-23(24)21-12-6-2-7-13-21/h1-17,19,23H,18H2. The van der Waals surface area contributed by atoms with Crippen molar-refractivity contribution in [1.82, 2.24) is 4.90 Å². The predicted molar refractivity (Wildman–Crippen MR) is 109 cm³/mol. The molecule has 0 spiro atoms. The SMILES string of the molecule is O=C(C1=CN(Cc2ccccc2)C=CC1c1ccccc1)c1ccccc1. The molecular weight excluding hydrogens is 330 g/mol. The van der Waals surface area contributed by atoms with Crippen LogP contribution in [0.3, 0.4) is 0 Å². The molecule has 2 nitrogen and oxygen atoms in total. The van der Waals surface area contributed by atoms with E-state index in [1.54, 1.807) is 0 Å². The molecule has 1 aliphatic rings. The molecule has 1 heterocycles. The lowest BCUT2D eigenvalue weighted by Gasteiger charge is -2.27. The van der Waals surface area contributed by atoms with Gasteiger partial charge in [0.2, 0.25) is 0 Å². The Bertz CT molecular complexity index is 959. The first-order valence-electron chi connectivity index (χ1n) is 9.16. The van der Waals surface area contributed by atoms with Gasteiger partial charge < -0.3 is 4.90 Å². The maximum atomic E-state index is 13.3. The van der Waals surface area contributed by atoms with Crippen LogP contribution in [0.15, 0.2) is 115 Å². The average molecular weight is 351 g/mol. The van der Waals surface area contributed by atoms with Crippen molar-refractivity contribution in [1.29, 1.82) is 0 Å². The van der Waals surface area contributed by atoms with Gasteiger partial charge in [-0.2, -0.15) is 0 Å². The number of rotatable bonds is 5. The molecule has 0 aliphatic carbocycles. The molecule has 1 aliphatic heterocycles. The third kappa shape index (κ3) is 3.90. The number of benzene rings is 3. The Labute approximate surface area is 160 Å². The average Bonchev–Trinajstić information content (AvgIpc) is 2.75. The summed E-state index contributed by atoms with van der Waals surface area (Å²) in [7, 11) is 0. The molecule has 0 aromatic heterocycles. The van der Waals surface area contributed by atoms with E-state index in [9.17, 15) is 4.79 Å². The molecule has 0 saturated carbocycles. The first-order chi connectivity index (χ1) is 13.3. The summed E-state index contributed by atoms with van der Waals surface area (Å²) in [6.07, 6.45) is 6.20. The first kappa shape index (κ1) is 17.0. The third-order valence-electron chi connectivity index (χ3n) is 4.77. The van der Waals surface area contributed by atoms with E-state index in [-0.39, 0.29) is 11.7 Å². The number of Topliss-reactive ketones (excluding diaryl/α,β-unsaturated/α-hetero) is 1.